The number of carbonyl (C=O) groups is 2. The van der Waals surface area contributed by atoms with Crippen LogP contribution in [0.15, 0.2) is 54.6 Å². The molecular weight excluding hydrogens is 302 g/mol. The van der Waals surface area contributed by atoms with E-state index in [1.165, 1.54) is 0 Å². The van der Waals surface area contributed by atoms with Crippen LogP contribution in [-0.4, -0.2) is 24.5 Å². The largest absolute Gasteiger partial charge is 0.452 e. The van der Waals surface area contributed by atoms with Crippen molar-refractivity contribution < 1.29 is 14.3 Å². The van der Waals surface area contributed by atoms with Gasteiger partial charge in [-0.05, 0) is 30.0 Å². The lowest BCUT2D eigenvalue weighted by molar-refractivity contribution is -0.125. The van der Waals surface area contributed by atoms with Crippen molar-refractivity contribution in [3.8, 4) is 11.1 Å². The van der Waals surface area contributed by atoms with Crippen molar-refractivity contribution >= 4 is 11.9 Å². The van der Waals surface area contributed by atoms with Gasteiger partial charge in [-0.2, -0.15) is 0 Å². The van der Waals surface area contributed by atoms with E-state index in [1.807, 2.05) is 56.3 Å². The first-order valence-corrected chi connectivity index (χ1v) is 8.26. The predicted octanol–water partition coefficient (Wildman–Crippen LogP) is 3.82. The number of benzene rings is 2. The maximum Gasteiger partial charge on any atom is 0.339 e. The van der Waals surface area contributed by atoms with E-state index >= 15 is 0 Å². The number of amides is 1. The van der Waals surface area contributed by atoms with E-state index in [0.717, 1.165) is 24.0 Å². The van der Waals surface area contributed by atoms with Gasteiger partial charge in [-0.3, -0.25) is 4.79 Å². The number of rotatable bonds is 7. The quantitative estimate of drug-likeness (QED) is 0.788. The highest BCUT2D eigenvalue weighted by Gasteiger charge is 2.16. The maximum absolute atomic E-state index is 12.4. The summed E-state index contributed by atoms with van der Waals surface area (Å²) in [6, 6.07) is 17.0. The molecule has 0 aromatic heterocycles. The highest BCUT2D eigenvalue weighted by atomic mass is 16.5. The fraction of sp³-hybridized carbons (Fsp3) is 0.300. The zero-order valence-corrected chi connectivity index (χ0v) is 14.1. The van der Waals surface area contributed by atoms with Gasteiger partial charge in [-0.15, -0.1) is 0 Å². The molecule has 0 unspecified atom stereocenters. The third kappa shape index (κ3) is 4.69. The van der Waals surface area contributed by atoms with E-state index < -0.39 is 5.97 Å². The third-order valence-electron chi connectivity index (χ3n) is 3.92. The van der Waals surface area contributed by atoms with Crippen LogP contribution in [0, 0.1) is 0 Å². The van der Waals surface area contributed by atoms with Crippen LogP contribution in [0.1, 0.15) is 37.0 Å². The van der Waals surface area contributed by atoms with E-state index in [-0.39, 0.29) is 18.6 Å². The molecule has 24 heavy (non-hydrogen) atoms. The molecule has 0 heterocycles. The molecule has 2 aromatic carbocycles. The number of carbonyl (C=O) groups excluding carboxylic acids is 2. The zero-order chi connectivity index (χ0) is 17.4. The number of hydrogen-bond donors (Lipinski definition) is 1. The number of nitrogens with one attached hydrogen (secondary N) is 1. The molecule has 0 radical (unpaired) electrons. The Labute approximate surface area is 142 Å². The number of esters is 1. The minimum Gasteiger partial charge on any atom is -0.452 e. The first kappa shape index (κ1) is 17.7. The monoisotopic (exact) mass is 325 g/mol. The van der Waals surface area contributed by atoms with Gasteiger partial charge in [0.1, 0.15) is 0 Å². The Balaban J connectivity index is 2.05. The smallest absolute Gasteiger partial charge is 0.339 e. The molecule has 4 nitrogen and oxygen atoms in total. The normalized spacial score (nSPS) is 10.5. The second kappa shape index (κ2) is 8.87. The van der Waals surface area contributed by atoms with Gasteiger partial charge in [0.2, 0.25) is 0 Å². The summed E-state index contributed by atoms with van der Waals surface area (Å²) < 4.78 is 5.19. The van der Waals surface area contributed by atoms with E-state index in [2.05, 4.69) is 5.32 Å². The molecule has 2 aromatic rings. The van der Waals surface area contributed by atoms with Crippen molar-refractivity contribution in [1.29, 1.82) is 0 Å². The molecule has 4 heteroatoms. The fourth-order valence-corrected chi connectivity index (χ4v) is 2.50. The van der Waals surface area contributed by atoms with Crippen LogP contribution in [0.2, 0.25) is 0 Å². The highest BCUT2D eigenvalue weighted by molar-refractivity contribution is 5.98. The lowest BCUT2D eigenvalue weighted by atomic mass is 10.00. The molecule has 1 amide bonds. The summed E-state index contributed by atoms with van der Waals surface area (Å²) in [4.78, 5) is 24.2. The molecule has 0 atom stereocenters. The van der Waals surface area contributed by atoms with Crippen molar-refractivity contribution in [3.63, 3.8) is 0 Å². The van der Waals surface area contributed by atoms with E-state index in [9.17, 15) is 9.59 Å². The van der Waals surface area contributed by atoms with Crippen LogP contribution >= 0.6 is 0 Å². The van der Waals surface area contributed by atoms with Crippen LogP contribution in [0.25, 0.3) is 11.1 Å². The van der Waals surface area contributed by atoms with Gasteiger partial charge in [-0.25, -0.2) is 4.79 Å². The standard InChI is InChI=1S/C20H23NO3/c1-3-16(4-2)21-19(22)14-24-20(23)18-13-9-8-12-17(18)15-10-6-5-7-11-15/h5-13,16H,3-4,14H2,1-2H3,(H,21,22). The van der Waals surface area contributed by atoms with Crippen LogP contribution in [0.3, 0.4) is 0 Å². The molecule has 0 aliphatic carbocycles. The van der Waals surface area contributed by atoms with Gasteiger partial charge < -0.3 is 10.1 Å². The molecule has 0 aliphatic heterocycles. The summed E-state index contributed by atoms with van der Waals surface area (Å²) in [5.74, 6) is -0.761. The molecule has 0 spiro atoms. The van der Waals surface area contributed by atoms with Crippen LogP contribution in [-0.2, 0) is 9.53 Å². The lowest BCUT2D eigenvalue weighted by Crippen LogP contribution is -2.36. The summed E-state index contributed by atoms with van der Waals surface area (Å²) in [5, 5.41) is 2.85. The zero-order valence-electron chi connectivity index (χ0n) is 14.1. The summed E-state index contributed by atoms with van der Waals surface area (Å²) >= 11 is 0. The second-order valence-electron chi connectivity index (χ2n) is 5.57. The van der Waals surface area contributed by atoms with Gasteiger partial charge in [-0.1, -0.05) is 62.4 Å². The molecule has 0 saturated heterocycles. The Morgan fingerprint density at radius 1 is 0.958 bits per heavy atom. The Morgan fingerprint density at radius 3 is 2.25 bits per heavy atom. The first-order chi connectivity index (χ1) is 11.7. The molecule has 1 N–H and O–H groups in total. The number of ether oxygens (including phenoxy) is 1. The van der Waals surface area contributed by atoms with Gasteiger partial charge >= 0.3 is 5.97 Å². The Hall–Kier alpha value is -2.62. The fourth-order valence-electron chi connectivity index (χ4n) is 2.50. The maximum atomic E-state index is 12.4. The lowest BCUT2D eigenvalue weighted by Gasteiger charge is -2.15. The van der Waals surface area contributed by atoms with Gasteiger partial charge in [0.15, 0.2) is 6.61 Å². The van der Waals surface area contributed by atoms with E-state index in [0.29, 0.717) is 5.56 Å². The van der Waals surface area contributed by atoms with Crippen molar-refractivity contribution in [2.24, 2.45) is 0 Å². The van der Waals surface area contributed by atoms with E-state index in [4.69, 9.17) is 4.74 Å². The Morgan fingerprint density at radius 2 is 1.58 bits per heavy atom. The minimum atomic E-state index is -0.492. The first-order valence-electron chi connectivity index (χ1n) is 8.26. The predicted molar refractivity (Wildman–Crippen MR) is 94.7 cm³/mol. The molecule has 126 valence electrons. The molecular formula is C20H23NO3. The van der Waals surface area contributed by atoms with Crippen molar-refractivity contribution in [2.45, 2.75) is 32.7 Å². The molecule has 0 bridgehead atoms. The SMILES string of the molecule is CCC(CC)NC(=O)COC(=O)c1ccccc1-c1ccccc1. The minimum absolute atomic E-state index is 0.118. The summed E-state index contributed by atoms with van der Waals surface area (Å²) in [6.45, 7) is 3.76. The average Bonchev–Trinajstić information content (AvgIpc) is 2.64. The van der Waals surface area contributed by atoms with Crippen LogP contribution in [0.5, 0.6) is 0 Å². The molecule has 0 aliphatic rings. The van der Waals surface area contributed by atoms with Crippen molar-refractivity contribution in [1.82, 2.24) is 5.32 Å². The summed E-state index contributed by atoms with van der Waals surface area (Å²) in [5.41, 5.74) is 2.19. The highest BCUT2D eigenvalue weighted by Crippen LogP contribution is 2.23. The topological polar surface area (TPSA) is 55.4 Å². The number of hydrogen-bond acceptors (Lipinski definition) is 3. The summed E-state index contributed by atoms with van der Waals surface area (Å²) in [7, 11) is 0. The van der Waals surface area contributed by atoms with Gasteiger partial charge in [0.05, 0.1) is 5.56 Å². The Kier molecular flexibility index (Phi) is 6.55. The third-order valence-corrected chi connectivity index (χ3v) is 3.92. The van der Waals surface area contributed by atoms with Crippen LogP contribution < -0.4 is 5.32 Å². The second-order valence-corrected chi connectivity index (χ2v) is 5.57. The summed E-state index contributed by atoms with van der Waals surface area (Å²) in [6.07, 6.45) is 1.71. The molecule has 2 rings (SSSR count). The Bertz CT molecular complexity index is 678. The molecule has 0 saturated carbocycles. The van der Waals surface area contributed by atoms with Crippen molar-refractivity contribution in [2.75, 3.05) is 6.61 Å². The van der Waals surface area contributed by atoms with Crippen LogP contribution in [0.4, 0.5) is 0 Å². The van der Waals surface area contributed by atoms with E-state index in [1.54, 1.807) is 12.1 Å². The van der Waals surface area contributed by atoms with Gasteiger partial charge in [0, 0.05) is 6.04 Å². The van der Waals surface area contributed by atoms with Gasteiger partial charge in [0.25, 0.3) is 5.91 Å². The molecule has 0 fully saturated rings. The van der Waals surface area contributed by atoms with Crippen molar-refractivity contribution in [3.05, 3.63) is 60.2 Å². The average molecular weight is 325 g/mol.